The molecule has 1 aliphatic carbocycles. The number of carbonyl (C=O) groups excluding carboxylic acids is 2. The number of aliphatic carboxylic acids is 1. The summed E-state index contributed by atoms with van der Waals surface area (Å²) in [5.41, 5.74) is 4.39. The third-order valence-corrected chi connectivity index (χ3v) is 5.19. The van der Waals surface area contributed by atoms with Gasteiger partial charge in [0.15, 0.2) is 0 Å². The maximum absolute atomic E-state index is 12.6. The van der Waals surface area contributed by atoms with Crippen LogP contribution in [0.4, 0.5) is 4.79 Å². The van der Waals surface area contributed by atoms with Gasteiger partial charge in [0, 0.05) is 27.1 Å². The van der Waals surface area contributed by atoms with Gasteiger partial charge >= 0.3 is 12.1 Å². The number of carboxylic acid groups (broad SMARTS) is 1. The number of ether oxygens (including phenoxy) is 1. The molecule has 0 aromatic heterocycles. The molecule has 0 bridgehead atoms. The fourth-order valence-corrected chi connectivity index (χ4v) is 3.68. The molecular weight excluding hydrogens is 372 g/mol. The SMILES string of the molecule is CN(C)C(=O)[C@@H](CC(=O)O)N(C)C(=O)OCC1c2ccccc2-c2ccccc21. The molecule has 7 nitrogen and oxygen atoms in total. The second-order valence-corrected chi connectivity index (χ2v) is 7.26. The Hall–Kier alpha value is -3.35. The molecule has 0 saturated heterocycles. The Bertz CT molecular complexity index is 895. The number of rotatable bonds is 6. The number of nitrogens with zero attached hydrogens (tertiary/aromatic N) is 2. The zero-order chi connectivity index (χ0) is 21.1. The van der Waals surface area contributed by atoms with Crippen LogP contribution >= 0.6 is 0 Å². The van der Waals surface area contributed by atoms with Crippen molar-refractivity contribution in [1.29, 1.82) is 0 Å². The molecule has 29 heavy (non-hydrogen) atoms. The quantitative estimate of drug-likeness (QED) is 0.811. The van der Waals surface area contributed by atoms with Gasteiger partial charge in [-0.1, -0.05) is 48.5 Å². The van der Waals surface area contributed by atoms with Crippen LogP contribution in [0.15, 0.2) is 48.5 Å². The van der Waals surface area contributed by atoms with Crippen molar-refractivity contribution < 1.29 is 24.2 Å². The van der Waals surface area contributed by atoms with Gasteiger partial charge in [-0.3, -0.25) is 14.5 Å². The highest BCUT2D eigenvalue weighted by Gasteiger charge is 2.33. The van der Waals surface area contributed by atoms with Crippen molar-refractivity contribution in [1.82, 2.24) is 9.80 Å². The molecule has 0 unspecified atom stereocenters. The first-order chi connectivity index (χ1) is 13.8. The first-order valence-corrected chi connectivity index (χ1v) is 9.32. The van der Waals surface area contributed by atoms with E-state index in [-0.39, 0.29) is 12.5 Å². The van der Waals surface area contributed by atoms with E-state index >= 15 is 0 Å². The van der Waals surface area contributed by atoms with E-state index in [0.717, 1.165) is 27.2 Å². The number of fused-ring (bicyclic) bond motifs is 3. The fourth-order valence-electron chi connectivity index (χ4n) is 3.68. The number of carboxylic acids is 1. The molecule has 0 radical (unpaired) electrons. The van der Waals surface area contributed by atoms with Gasteiger partial charge in [-0.25, -0.2) is 4.79 Å². The number of amides is 2. The van der Waals surface area contributed by atoms with Crippen molar-refractivity contribution in [3.05, 3.63) is 59.7 Å². The van der Waals surface area contributed by atoms with E-state index in [4.69, 9.17) is 9.84 Å². The molecule has 0 heterocycles. The maximum atomic E-state index is 12.6. The van der Waals surface area contributed by atoms with Gasteiger partial charge in [0.05, 0.1) is 6.42 Å². The number of hydrogen-bond acceptors (Lipinski definition) is 4. The van der Waals surface area contributed by atoms with Gasteiger partial charge in [-0.15, -0.1) is 0 Å². The lowest BCUT2D eigenvalue weighted by atomic mass is 9.98. The van der Waals surface area contributed by atoms with Crippen LogP contribution in [0.3, 0.4) is 0 Å². The Morgan fingerprint density at radius 3 is 1.97 bits per heavy atom. The fraction of sp³-hybridized carbons (Fsp3) is 0.318. The molecule has 152 valence electrons. The minimum atomic E-state index is -1.16. The Morgan fingerprint density at radius 1 is 0.966 bits per heavy atom. The first kappa shape index (κ1) is 20.4. The Kier molecular flexibility index (Phi) is 5.87. The molecule has 3 rings (SSSR count). The van der Waals surface area contributed by atoms with Crippen LogP contribution in [0.1, 0.15) is 23.5 Å². The van der Waals surface area contributed by atoms with E-state index in [2.05, 4.69) is 0 Å². The lowest BCUT2D eigenvalue weighted by Gasteiger charge is -2.28. The lowest BCUT2D eigenvalue weighted by molar-refractivity contribution is -0.143. The van der Waals surface area contributed by atoms with E-state index in [1.807, 2.05) is 48.5 Å². The van der Waals surface area contributed by atoms with E-state index in [0.29, 0.717) is 0 Å². The Labute approximate surface area is 169 Å². The molecule has 1 atom stereocenters. The average Bonchev–Trinajstić information content (AvgIpc) is 3.03. The van der Waals surface area contributed by atoms with E-state index in [1.54, 1.807) is 0 Å². The van der Waals surface area contributed by atoms with Crippen molar-refractivity contribution >= 4 is 18.0 Å². The predicted molar refractivity (Wildman–Crippen MR) is 108 cm³/mol. The maximum Gasteiger partial charge on any atom is 0.410 e. The molecule has 0 saturated carbocycles. The van der Waals surface area contributed by atoms with Gasteiger partial charge in [0.2, 0.25) is 5.91 Å². The number of hydrogen-bond donors (Lipinski definition) is 1. The zero-order valence-corrected chi connectivity index (χ0v) is 16.7. The average molecular weight is 396 g/mol. The number of benzene rings is 2. The molecule has 2 aromatic rings. The van der Waals surface area contributed by atoms with E-state index in [1.165, 1.54) is 26.0 Å². The van der Waals surface area contributed by atoms with E-state index < -0.39 is 30.4 Å². The topological polar surface area (TPSA) is 87.2 Å². The smallest absolute Gasteiger partial charge is 0.410 e. The van der Waals surface area contributed by atoms with Crippen LogP contribution in [0, 0.1) is 0 Å². The summed E-state index contributed by atoms with van der Waals surface area (Å²) in [4.78, 5) is 38.4. The summed E-state index contributed by atoms with van der Waals surface area (Å²) < 4.78 is 5.52. The zero-order valence-electron chi connectivity index (χ0n) is 16.7. The highest BCUT2D eigenvalue weighted by atomic mass is 16.6. The minimum Gasteiger partial charge on any atom is -0.481 e. The van der Waals surface area contributed by atoms with Gasteiger partial charge in [0.1, 0.15) is 12.6 Å². The predicted octanol–water partition coefficient (Wildman–Crippen LogP) is 2.80. The van der Waals surface area contributed by atoms with Gasteiger partial charge < -0.3 is 14.7 Å². The first-order valence-electron chi connectivity index (χ1n) is 9.32. The summed E-state index contributed by atoms with van der Waals surface area (Å²) in [6.07, 6.45) is -1.22. The Morgan fingerprint density at radius 2 is 1.48 bits per heavy atom. The molecule has 7 heteroatoms. The van der Waals surface area contributed by atoms with Crippen LogP contribution in [0.5, 0.6) is 0 Å². The third-order valence-electron chi connectivity index (χ3n) is 5.19. The van der Waals surface area contributed by atoms with Crippen molar-refractivity contribution in [2.24, 2.45) is 0 Å². The van der Waals surface area contributed by atoms with Crippen LogP contribution in [0.2, 0.25) is 0 Å². The molecular formula is C22H24N2O5. The summed E-state index contributed by atoms with van der Waals surface area (Å²) in [6.45, 7) is 0.104. The second-order valence-electron chi connectivity index (χ2n) is 7.26. The second kappa shape index (κ2) is 8.34. The molecule has 1 N–H and O–H groups in total. The summed E-state index contributed by atoms with van der Waals surface area (Å²) in [7, 11) is 4.42. The van der Waals surface area contributed by atoms with Gasteiger partial charge in [-0.05, 0) is 22.3 Å². The van der Waals surface area contributed by atoms with Crippen LogP contribution < -0.4 is 0 Å². The normalized spacial score (nSPS) is 13.2. The molecule has 0 spiro atoms. The highest BCUT2D eigenvalue weighted by molar-refractivity contribution is 5.89. The van der Waals surface area contributed by atoms with Crippen LogP contribution in [-0.4, -0.2) is 66.7 Å². The summed E-state index contributed by atoms with van der Waals surface area (Å²) in [6, 6.07) is 14.8. The molecule has 1 aliphatic rings. The monoisotopic (exact) mass is 396 g/mol. The number of carbonyl (C=O) groups is 3. The third kappa shape index (κ3) is 4.08. The van der Waals surface area contributed by atoms with Crippen molar-refractivity contribution in [3.8, 4) is 11.1 Å². The summed E-state index contributed by atoms with van der Waals surface area (Å²) >= 11 is 0. The van der Waals surface area contributed by atoms with Gasteiger partial charge in [-0.2, -0.15) is 0 Å². The van der Waals surface area contributed by atoms with Crippen molar-refractivity contribution in [2.45, 2.75) is 18.4 Å². The standard InChI is InChI=1S/C22H24N2O5/c1-23(2)21(27)19(12-20(25)26)24(3)22(28)29-13-18-16-10-6-4-8-14(16)15-9-5-7-11-17(15)18/h4-11,18-19H,12-13H2,1-3H3,(H,25,26)/t19-/m1/s1. The Balaban J connectivity index is 1.76. The number of likely N-dealkylation sites (N-methyl/N-ethyl adjacent to an activating group) is 2. The molecule has 2 amide bonds. The van der Waals surface area contributed by atoms with Crippen molar-refractivity contribution in [3.63, 3.8) is 0 Å². The summed E-state index contributed by atoms with van der Waals surface area (Å²) in [5, 5.41) is 9.12. The minimum absolute atomic E-state index is 0.104. The van der Waals surface area contributed by atoms with Crippen LogP contribution in [0.25, 0.3) is 11.1 Å². The molecule has 2 aromatic carbocycles. The van der Waals surface area contributed by atoms with Crippen molar-refractivity contribution in [2.75, 3.05) is 27.7 Å². The molecule has 0 aliphatic heterocycles. The largest absolute Gasteiger partial charge is 0.481 e. The molecule has 0 fully saturated rings. The summed E-state index contributed by atoms with van der Waals surface area (Å²) in [5.74, 6) is -1.74. The van der Waals surface area contributed by atoms with Crippen LogP contribution in [-0.2, 0) is 14.3 Å². The lowest BCUT2D eigenvalue weighted by Crippen LogP contribution is -2.48. The highest BCUT2D eigenvalue weighted by Crippen LogP contribution is 2.44. The van der Waals surface area contributed by atoms with E-state index in [9.17, 15) is 14.4 Å². The van der Waals surface area contributed by atoms with Gasteiger partial charge in [0.25, 0.3) is 0 Å².